The monoisotopic (exact) mass is 467 g/mol. The van der Waals surface area contributed by atoms with Crippen LogP contribution >= 0.6 is 35.3 Å². The second-order valence-corrected chi connectivity index (χ2v) is 7.10. The van der Waals surface area contributed by atoms with Crippen molar-refractivity contribution in [2.45, 2.75) is 19.9 Å². The first-order chi connectivity index (χ1) is 11.0. The van der Waals surface area contributed by atoms with Gasteiger partial charge in [-0.2, -0.15) is 0 Å². The van der Waals surface area contributed by atoms with E-state index in [1.807, 2.05) is 13.1 Å². The lowest BCUT2D eigenvalue weighted by Gasteiger charge is -2.15. The Morgan fingerprint density at radius 1 is 1.50 bits per heavy atom. The molecule has 1 aromatic heterocycles. The number of rotatable bonds is 6. The molecule has 1 aliphatic rings. The van der Waals surface area contributed by atoms with Gasteiger partial charge in [0.05, 0.1) is 13.2 Å². The van der Waals surface area contributed by atoms with Crippen LogP contribution in [0.2, 0.25) is 0 Å². The number of guanidine groups is 1. The molecule has 2 N–H and O–H groups in total. The summed E-state index contributed by atoms with van der Waals surface area (Å²) in [6, 6.07) is 0. The molecule has 136 valence electrons. The first-order valence-electron chi connectivity index (χ1n) is 7.76. The van der Waals surface area contributed by atoms with Gasteiger partial charge < -0.3 is 20.3 Å². The number of amides is 1. The van der Waals surface area contributed by atoms with Crippen LogP contribution in [0.1, 0.15) is 16.3 Å². The molecule has 1 saturated heterocycles. The highest BCUT2D eigenvalue weighted by atomic mass is 127. The van der Waals surface area contributed by atoms with Gasteiger partial charge in [-0.1, -0.05) is 0 Å². The number of halogens is 1. The van der Waals surface area contributed by atoms with E-state index in [0.29, 0.717) is 18.4 Å². The Kier molecular flexibility index (Phi) is 9.52. The molecule has 1 amide bonds. The maximum Gasteiger partial charge on any atom is 0.243 e. The van der Waals surface area contributed by atoms with Crippen LogP contribution in [0.15, 0.2) is 11.2 Å². The highest BCUT2D eigenvalue weighted by Crippen LogP contribution is 2.11. The van der Waals surface area contributed by atoms with Crippen molar-refractivity contribution < 1.29 is 9.53 Å². The quantitative estimate of drug-likeness (QED) is 0.374. The number of ether oxygens (including phenoxy) is 1. The van der Waals surface area contributed by atoms with E-state index in [4.69, 9.17) is 4.74 Å². The van der Waals surface area contributed by atoms with Crippen molar-refractivity contribution in [3.8, 4) is 0 Å². The first kappa shape index (κ1) is 21.1. The molecular formula is C15H26IN5O2S. The normalized spacial score (nSPS) is 17.3. The van der Waals surface area contributed by atoms with Crippen LogP contribution in [0.4, 0.5) is 0 Å². The van der Waals surface area contributed by atoms with Gasteiger partial charge in [0.1, 0.15) is 11.6 Å². The highest BCUT2D eigenvalue weighted by Gasteiger charge is 2.16. The van der Waals surface area contributed by atoms with Gasteiger partial charge in [-0.15, -0.1) is 35.3 Å². The van der Waals surface area contributed by atoms with Crippen LogP contribution in [-0.4, -0.2) is 62.1 Å². The molecule has 1 fully saturated rings. The summed E-state index contributed by atoms with van der Waals surface area (Å²) in [5.41, 5.74) is 0. The van der Waals surface area contributed by atoms with Crippen molar-refractivity contribution in [2.75, 3.05) is 40.4 Å². The first-order valence-corrected chi connectivity index (χ1v) is 8.57. The van der Waals surface area contributed by atoms with Crippen LogP contribution in [0.5, 0.6) is 0 Å². The fraction of sp³-hybridized carbons (Fsp3) is 0.667. The highest BCUT2D eigenvalue weighted by molar-refractivity contribution is 14.0. The van der Waals surface area contributed by atoms with Crippen molar-refractivity contribution in [3.05, 3.63) is 16.1 Å². The molecule has 0 aliphatic carbocycles. The molecule has 7 nitrogen and oxygen atoms in total. The van der Waals surface area contributed by atoms with Gasteiger partial charge in [0.15, 0.2) is 5.96 Å². The minimum absolute atomic E-state index is 0. The zero-order chi connectivity index (χ0) is 16.7. The number of aliphatic imine (C=N–C) groups is 1. The maximum atomic E-state index is 11.7. The number of thiazole rings is 1. The zero-order valence-electron chi connectivity index (χ0n) is 14.4. The second kappa shape index (κ2) is 10.8. The third kappa shape index (κ3) is 7.31. The fourth-order valence-electron chi connectivity index (χ4n) is 2.09. The molecule has 0 radical (unpaired) electrons. The second-order valence-electron chi connectivity index (χ2n) is 5.78. The smallest absolute Gasteiger partial charge is 0.243 e. The van der Waals surface area contributed by atoms with E-state index in [0.717, 1.165) is 31.2 Å². The summed E-state index contributed by atoms with van der Waals surface area (Å²) in [5.74, 6) is 1.11. The number of carbonyl (C=O) groups excluding carboxylic acids is 1. The van der Waals surface area contributed by atoms with E-state index < -0.39 is 0 Å². The molecule has 9 heteroatoms. The van der Waals surface area contributed by atoms with Crippen molar-refractivity contribution in [3.63, 3.8) is 0 Å². The molecule has 1 aliphatic heterocycles. The Bertz CT molecular complexity index is 544. The van der Waals surface area contributed by atoms with Gasteiger partial charge in [-0.05, 0) is 13.3 Å². The molecule has 24 heavy (non-hydrogen) atoms. The number of hydrogen-bond acceptors (Lipinski definition) is 5. The lowest BCUT2D eigenvalue weighted by molar-refractivity contribution is -0.127. The van der Waals surface area contributed by atoms with Crippen molar-refractivity contribution in [1.29, 1.82) is 0 Å². The van der Waals surface area contributed by atoms with E-state index in [1.54, 1.807) is 25.4 Å². The number of nitrogens with one attached hydrogen (secondary N) is 2. The molecule has 0 saturated carbocycles. The van der Waals surface area contributed by atoms with E-state index in [2.05, 4.69) is 20.6 Å². The van der Waals surface area contributed by atoms with Crippen LogP contribution in [-0.2, 0) is 16.1 Å². The number of aryl methyl sites for hydroxylation is 1. The van der Waals surface area contributed by atoms with E-state index in [-0.39, 0.29) is 36.4 Å². The predicted octanol–water partition coefficient (Wildman–Crippen LogP) is 1.23. The minimum atomic E-state index is -0.0274. The average molecular weight is 467 g/mol. The molecule has 0 spiro atoms. The zero-order valence-corrected chi connectivity index (χ0v) is 17.5. The van der Waals surface area contributed by atoms with Crippen LogP contribution in [0.3, 0.4) is 0 Å². The maximum absolute atomic E-state index is 11.7. The third-order valence-corrected chi connectivity index (χ3v) is 4.44. The summed E-state index contributed by atoms with van der Waals surface area (Å²) in [5, 5.41) is 7.54. The molecule has 0 aromatic carbocycles. The third-order valence-electron chi connectivity index (χ3n) is 3.53. The summed E-state index contributed by atoms with van der Waals surface area (Å²) in [4.78, 5) is 23.1. The summed E-state index contributed by atoms with van der Waals surface area (Å²) in [6.45, 7) is 5.15. The van der Waals surface area contributed by atoms with Crippen LogP contribution < -0.4 is 10.6 Å². The van der Waals surface area contributed by atoms with E-state index in [1.165, 1.54) is 9.78 Å². The SMILES string of the molecule is Cc1cnc(CNC(=NCC(=O)N(C)C)NCC2CCOC2)s1.I. The van der Waals surface area contributed by atoms with Crippen LogP contribution in [0, 0.1) is 12.8 Å². The Morgan fingerprint density at radius 3 is 2.88 bits per heavy atom. The summed E-state index contributed by atoms with van der Waals surface area (Å²) in [6.07, 6.45) is 2.92. The summed E-state index contributed by atoms with van der Waals surface area (Å²) < 4.78 is 5.38. The van der Waals surface area contributed by atoms with E-state index in [9.17, 15) is 4.79 Å². The predicted molar refractivity (Wildman–Crippen MR) is 107 cm³/mol. The van der Waals surface area contributed by atoms with Crippen molar-refractivity contribution >= 4 is 47.2 Å². The molecule has 1 aromatic rings. The molecule has 1 atom stereocenters. The van der Waals surface area contributed by atoms with Gasteiger partial charge >= 0.3 is 0 Å². The van der Waals surface area contributed by atoms with Gasteiger partial charge in [-0.25, -0.2) is 9.98 Å². The summed E-state index contributed by atoms with van der Waals surface area (Å²) in [7, 11) is 3.46. The van der Waals surface area contributed by atoms with Gasteiger partial charge in [0.25, 0.3) is 0 Å². The average Bonchev–Trinajstić information content (AvgIpc) is 3.17. The Balaban J connectivity index is 0.00000288. The molecule has 2 rings (SSSR count). The number of aromatic nitrogens is 1. The minimum Gasteiger partial charge on any atom is -0.381 e. The van der Waals surface area contributed by atoms with Gasteiger partial charge in [0, 0.05) is 44.2 Å². The topological polar surface area (TPSA) is 78.9 Å². The lowest BCUT2D eigenvalue weighted by atomic mass is 10.1. The molecule has 2 heterocycles. The van der Waals surface area contributed by atoms with Gasteiger partial charge in [0.2, 0.25) is 5.91 Å². The summed E-state index contributed by atoms with van der Waals surface area (Å²) >= 11 is 1.65. The Labute approximate surface area is 164 Å². The van der Waals surface area contributed by atoms with E-state index >= 15 is 0 Å². The number of nitrogens with zero attached hydrogens (tertiary/aromatic N) is 3. The number of hydrogen-bond donors (Lipinski definition) is 2. The van der Waals surface area contributed by atoms with Crippen molar-refractivity contribution in [1.82, 2.24) is 20.5 Å². The lowest BCUT2D eigenvalue weighted by Crippen LogP contribution is -2.40. The van der Waals surface area contributed by atoms with Crippen LogP contribution in [0.25, 0.3) is 0 Å². The number of likely N-dealkylation sites (N-methyl/N-ethyl adjacent to an activating group) is 1. The van der Waals surface area contributed by atoms with Gasteiger partial charge in [-0.3, -0.25) is 4.79 Å². The molecular weight excluding hydrogens is 441 g/mol. The molecule has 1 unspecified atom stereocenters. The largest absolute Gasteiger partial charge is 0.381 e. The van der Waals surface area contributed by atoms with Crippen molar-refractivity contribution in [2.24, 2.45) is 10.9 Å². The fourth-order valence-corrected chi connectivity index (χ4v) is 2.82. The Hall–Kier alpha value is -0.940. The number of carbonyl (C=O) groups is 1. The Morgan fingerprint density at radius 2 is 2.29 bits per heavy atom. The molecule has 0 bridgehead atoms. The standard InChI is InChI=1S/C15H25N5O2S.HI/c1-11-6-16-13(23-11)8-18-15(19-9-14(21)20(2)3)17-7-12-4-5-22-10-12;/h6,12H,4-5,7-10H2,1-3H3,(H2,17,18,19);1H.